The first-order chi connectivity index (χ1) is 7.63. The highest BCUT2D eigenvalue weighted by Crippen LogP contribution is 2.16. The summed E-state index contributed by atoms with van der Waals surface area (Å²) < 4.78 is 23.0. The van der Waals surface area contributed by atoms with Gasteiger partial charge in [0.2, 0.25) is 0 Å². The lowest BCUT2D eigenvalue weighted by Gasteiger charge is -2.12. The van der Waals surface area contributed by atoms with Crippen LogP contribution in [0.4, 0.5) is 4.39 Å². The molecule has 0 aromatic heterocycles. The highest BCUT2D eigenvalue weighted by molar-refractivity contribution is 5.25. The van der Waals surface area contributed by atoms with E-state index in [0.29, 0.717) is 18.8 Å². The van der Waals surface area contributed by atoms with Crippen molar-refractivity contribution in [2.24, 2.45) is 0 Å². The van der Waals surface area contributed by atoms with Crippen LogP contribution in [0.3, 0.4) is 0 Å². The Hall–Kier alpha value is -0.970. The van der Waals surface area contributed by atoms with Crippen molar-refractivity contribution < 1.29 is 19.0 Å². The minimum Gasteiger partial charge on any atom is -0.386 e. The highest BCUT2D eigenvalue weighted by atomic mass is 19.1. The molecule has 1 aromatic carbocycles. The second kappa shape index (κ2) is 6.58. The lowest BCUT2D eigenvalue weighted by atomic mass is 10.1. The van der Waals surface area contributed by atoms with E-state index in [1.807, 2.05) is 0 Å². The first-order valence-electron chi connectivity index (χ1n) is 5.15. The van der Waals surface area contributed by atoms with Crippen LogP contribution in [0.15, 0.2) is 18.2 Å². The minimum atomic E-state index is -0.800. The Balaban J connectivity index is 2.48. The number of aryl methyl sites for hydroxylation is 1. The van der Waals surface area contributed by atoms with Crippen molar-refractivity contribution in [1.82, 2.24) is 0 Å². The largest absolute Gasteiger partial charge is 0.386 e. The van der Waals surface area contributed by atoms with E-state index in [9.17, 15) is 9.50 Å². The summed E-state index contributed by atoms with van der Waals surface area (Å²) in [6.45, 7) is 2.83. The van der Waals surface area contributed by atoms with E-state index in [4.69, 9.17) is 9.47 Å². The van der Waals surface area contributed by atoms with E-state index < -0.39 is 6.10 Å². The SMILES string of the molecule is COCCOCC(O)c1cc(C)cc(F)c1. The van der Waals surface area contributed by atoms with Crippen LogP contribution in [-0.2, 0) is 9.47 Å². The lowest BCUT2D eigenvalue weighted by Crippen LogP contribution is -2.10. The van der Waals surface area contributed by atoms with Crippen molar-refractivity contribution in [2.75, 3.05) is 26.9 Å². The maximum absolute atomic E-state index is 13.1. The summed E-state index contributed by atoms with van der Waals surface area (Å²) in [5.41, 5.74) is 1.32. The fraction of sp³-hybridized carbons (Fsp3) is 0.500. The molecule has 0 aliphatic heterocycles. The zero-order chi connectivity index (χ0) is 12.0. The topological polar surface area (TPSA) is 38.7 Å². The predicted octanol–water partition coefficient (Wildman–Crippen LogP) is 1.83. The molecule has 0 fully saturated rings. The summed E-state index contributed by atoms with van der Waals surface area (Å²) in [6.07, 6.45) is -0.800. The monoisotopic (exact) mass is 228 g/mol. The van der Waals surface area contributed by atoms with E-state index >= 15 is 0 Å². The van der Waals surface area contributed by atoms with Gasteiger partial charge in [-0.1, -0.05) is 6.07 Å². The fourth-order valence-electron chi connectivity index (χ4n) is 1.39. The number of ether oxygens (including phenoxy) is 2. The quantitative estimate of drug-likeness (QED) is 0.755. The number of rotatable bonds is 6. The number of methoxy groups -OCH3 is 1. The molecule has 0 aliphatic carbocycles. The van der Waals surface area contributed by atoms with Crippen molar-refractivity contribution in [3.8, 4) is 0 Å². The van der Waals surface area contributed by atoms with Gasteiger partial charge in [0, 0.05) is 7.11 Å². The Morgan fingerprint density at radius 1 is 1.31 bits per heavy atom. The fourth-order valence-corrected chi connectivity index (χ4v) is 1.39. The molecule has 0 spiro atoms. The van der Waals surface area contributed by atoms with Gasteiger partial charge in [0.25, 0.3) is 0 Å². The Kier molecular flexibility index (Phi) is 5.38. The van der Waals surface area contributed by atoms with Gasteiger partial charge >= 0.3 is 0 Å². The van der Waals surface area contributed by atoms with E-state index in [1.54, 1.807) is 20.1 Å². The third kappa shape index (κ3) is 4.26. The summed E-state index contributed by atoms with van der Waals surface area (Å²) in [6, 6.07) is 4.48. The van der Waals surface area contributed by atoms with Gasteiger partial charge in [-0.05, 0) is 30.2 Å². The van der Waals surface area contributed by atoms with Crippen LogP contribution in [0, 0.1) is 12.7 Å². The minimum absolute atomic E-state index is 0.145. The van der Waals surface area contributed by atoms with Gasteiger partial charge in [-0.3, -0.25) is 0 Å². The van der Waals surface area contributed by atoms with Crippen LogP contribution in [0.25, 0.3) is 0 Å². The number of benzene rings is 1. The van der Waals surface area contributed by atoms with Crippen LogP contribution in [-0.4, -0.2) is 32.0 Å². The first kappa shape index (κ1) is 13.1. The molecule has 1 atom stereocenters. The summed E-state index contributed by atoms with van der Waals surface area (Å²) in [4.78, 5) is 0. The normalized spacial score (nSPS) is 12.8. The lowest BCUT2D eigenvalue weighted by molar-refractivity contribution is 0.0125. The standard InChI is InChI=1S/C12H17FO3/c1-9-5-10(7-11(13)6-9)12(14)8-16-4-3-15-2/h5-7,12,14H,3-4,8H2,1-2H3. The molecule has 1 rings (SSSR count). The predicted molar refractivity (Wildman–Crippen MR) is 58.8 cm³/mol. The van der Waals surface area contributed by atoms with Crippen LogP contribution in [0.5, 0.6) is 0 Å². The molecule has 0 saturated heterocycles. The third-order valence-corrected chi connectivity index (χ3v) is 2.16. The van der Waals surface area contributed by atoms with Gasteiger partial charge in [-0.15, -0.1) is 0 Å². The zero-order valence-electron chi connectivity index (χ0n) is 9.57. The van der Waals surface area contributed by atoms with Gasteiger partial charge in [-0.2, -0.15) is 0 Å². The van der Waals surface area contributed by atoms with Crippen LogP contribution < -0.4 is 0 Å². The zero-order valence-corrected chi connectivity index (χ0v) is 9.57. The van der Waals surface area contributed by atoms with Crippen LogP contribution >= 0.6 is 0 Å². The molecule has 4 heteroatoms. The van der Waals surface area contributed by atoms with Gasteiger partial charge in [0.05, 0.1) is 19.8 Å². The summed E-state index contributed by atoms with van der Waals surface area (Å²) in [5, 5.41) is 9.74. The van der Waals surface area contributed by atoms with Crippen molar-refractivity contribution in [3.05, 3.63) is 35.1 Å². The Morgan fingerprint density at radius 3 is 2.69 bits per heavy atom. The molecule has 1 N–H and O–H groups in total. The smallest absolute Gasteiger partial charge is 0.123 e. The molecule has 0 aliphatic rings. The van der Waals surface area contributed by atoms with E-state index in [1.165, 1.54) is 12.1 Å². The second-order valence-corrected chi connectivity index (χ2v) is 3.65. The van der Waals surface area contributed by atoms with Crippen molar-refractivity contribution in [2.45, 2.75) is 13.0 Å². The second-order valence-electron chi connectivity index (χ2n) is 3.65. The number of hydrogen-bond acceptors (Lipinski definition) is 3. The van der Waals surface area contributed by atoms with Gasteiger partial charge in [0.15, 0.2) is 0 Å². The molecule has 0 amide bonds. The van der Waals surface area contributed by atoms with E-state index in [0.717, 1.165) is 5.56 Å². The van der Waals surface area contributed by atoms with E-state index in [-0.39, 0.29) is 12.4 Å². The van der Waals surface area contributed by atoms with Crippen molar-refractivity contribution in [1.29, 1.82) is 0 Å². The molecule has 0 bridgehead atoms. The first-order valence-corrected chi connectivity index (χ1v) is 5.15. The van der Waals surface area contributed by atoms with Crippen molar-refractivity contribution in [3.63, 3.8) is 0 Å². The number of aliphatic hydroxyl groups excluding tert-OH is 1. The summed E-state index contributed by atoms with van der Waals surface area (Å²) >= 11 is 0. The molecule has 1 aromatic rings. The maximum atomic E-state index is 13.1. The molecule has 0 heterocycles. The Morgan fingerprint density at radius 2 is 2.06 bits per heavy atom. The summed E-state index contributed by atoms with van der Waals surface area (Å²) in [5.74, 6) is -0.342. The molecule has 1 unspecified atom stereocenters. The summed E-state index contributed by atoms with van der Waals surface area (Å²) in [7, 11) is 1.58. The Labute approximate surface area is 94.8 Å². The average Bonchev–Trinajstić information content (AvgIpc) is 2.22. The maximum Gasteiger partial charge on any atom is 0.123 e. The molecule has 90 valence electrons. The molecular formula is C12H17FO3. The number of aliphatic hydroxyl groups is 1. The average molecular weight is 228 g/mol. The van der Waals surface area contributed by atoms with Crippen LogP contribution in [0.2, 0.25) is 0 Å². The molecule has 16 heavy (non-hydrogen) atoms. The molecule has 3 nitrogen and oxygen atoms in total. The van der Waals surface area contributed by atoms with E-state index in [2.05, 4.69) is 0 Å². The molecular weight excluding hydrogens is 211 g/mol. The highest BCUT2D eigenvalue weighted by Gasteiger charge is 2.09. The molecule has 0 saturated carbocycles. The van der Waals surface area contributed by atoms with Gasteiger partial charge in [-0.25, -0.2) is 4.39 Å². The van der Waals surface area contributed by atoms with Crippen molar-refractivity contribution >= 4 is 0 Å². The molecule has 0 radical (unpaired) electrons. The number of halogens is 1. The number of hydrogen-bond donors (Lipinski definition) is 1. The van der Waals surface area contributed by atoms with Gasteiger partial charge < -0.3 is 14.6 Å². The third-order valence-electron chi connectivity index (χ3n) is 2.16. The van der Waals surface area contributed by atoms with Crippen LogP contribution in [0.1, 0.15) is 17.2 Å². The Bertz CT molecular complexity index is 308. The van der Waals surface area contributed by atoms with Gasteiger partial charge in [0.1, 0.15) is 11.9 Å².